The second kappa shape index (κ2) is 4.76. The topological polar surface area (TPSA) is 72.3 Å². The standard InChI is InChI=1S/C10H8N2O3.ClH/c1-15-10-3-7-6(2-9(10)14)8(4-13)12-5-11-7;/h2-5,14H,1H3;1H. The molecule has 0 saturated carbocycles. The number of phenolic OH excluding ortho intramolecular Hbond substituents is 1. The molecule has 0 amide bonds. The van der Waals surface area contributed by atoms with Crippen LogP contribution in [0, 0.1) is 0 Å². The van der Waals surface area contributed by atoms with E-state index in [2.05, 4.69) is 9.97 Å². The van der Waals surface area contributed by atoms with Crippen molar-refractivity contribution >= 4 is 29.6 Å². The van der Waals surface area contributed by atoms with Crippen molar-refractivity contribution in [2.75, 3.05) is 7.11 Å². The van der Waals surface area contributed by atoms with E-state index in [-0.39, 0.29) is 23.9 Å². The minimum atomic E-state index is -0.0390. The summed E-state index contributed by atoms with van der Waals surface area (Å²) >= 11 is 0. The number of ether oxygens (including phenoxy) is 1. The lowest BCUT2D eigenvalue weighted by Gasteiger charge is -2.05. The minimum Gasteiger partial charge on any atom is -0.504 e. The fourth-order valence-electron chi connectivity index (χ4n) is 1.35. The van der Waals surface area contributed by atoms with Crippen molar-refractivity contribution in [1.82, 2.24) is 9.97 Å². The van der Waals surface area contributed by atoms with Gasteiger partial charge in [-0.2, -0.15) is 0 Å². The van der Waals surface area contributed by atoms with Crippen molar-refractivity contribution in [3.05, 3.63) is 24.2 Å². The Labute approximate surface area is 97.5 Å². The van der Waals surface area contributed by atoms with Crippen molar-refractivity contribution in [1.29, 1.82) is 0 Å². The van der Waals surface area contributed by atoms with Gasteiger partial charge in [-0.3, -0.25) is 4.79 Å². The molecule has 0 aliphatic heterocycles. The molecule has 0 fully saturated rings. The van der Waals surface area contributed by atoms with Crippen LogP contribution in [-0.4, -0.2) is 28.5 Å². The summed E-state index contributed by atoms with van der Waals surface area (Å²) in [7, 11) is 1.45. The van der Waals surface area contributed by atoms with Crippen molar-refractivity contribution in [3.8, 4) is 11.5 Å². The second-order valence-electron chi connectivity index (χ2n) is 2.92. The van der Waals surface area contributed by atoms with Gasteiger partial charge in [0.15, 0.2) is 17.8 Å². The summed E-state index contributed by atoms with van der Waals surface area (Å²) in [6, 6.07) is 2.97. The van der Waals surface area contributed by atoms with Gasteiger partial charge in [0.1, 0.15) is 12.0 Å². The molecule has 0 atom stereocenters. The van der Waals surface area contributed by atoms with Crippen LogP contribution in [-0.2, 0) is 0 Å². The average Bonchev–Trinajstić information content (AvgIpc) is 2.27. The summed E-state index contributed by atoms with van der Waals surface area (Å²) in [5, 5.41) is 10.0. The highest BCUT2D eigenvalue weighted by molar-refractivity contribution is 5.95. The van der Waals surface area contributed by atoms with E-state index in [1.807, 2.05) is 0 Å². The van der Waals surface area contributed by atoms with E-state index >= 15 is 0 Å². The van der Waals surface area contributed by atoms with Gasteiger partial charge < -0.3 is 9.84 Å². The fraction of sp³-hybridized carbons (Fsp3) is 0.100. The molecule has 1 heterocycles. The monoisotopic (exact) mass is 240 g/mol. The molecule has 0 aliphatic carbocycles. The third-order valence-electron chi connectivity index (χ3n) is 2.08. The molecule has 0 bridgehead atoms. The Morgan fingerprint density at radius 1 is 1.38 bits per heavy atom. The van der Waals surface area contributed by atoms with E-state index in [0.29, 0.717) is 22.9 Å². The molecular formula is C10H9ClN2O3. The van der Waals surface area contributed by atoms with Crippen LogP contribution in [0.3, 0.4) is 0 Å². The van der Waals surface area contributed by atoms with Gasteiger partial charge in [-0.05, 0) is 6.07 Å². The highest BCUT2D eigenvalue weighted by atomic mass is 35.5. The Morgan fingerprint density at radius 3 is 2.75 bits per heavy atom. The minimum absolute atomic E-state index is 0. The van der Waals surface area contributed by atoms with Gasteiger partial charge in [-0.15, -0.1) is 12.4 Å². The van der Waals surface area contributed by atoms with E-state index in [1.165, 1.54) is 19.5 Å². The van der Waals surface area contributed by atoms with Gasteiger partial charge in [0.25, 0.3) is 0 Å². The number of benzene rings is 1. The van der Waals surface area contributed by atoms with Crippen molar-refractivity contribution in [2.24, 2.45) is 0 Å². The molecule has 0 spiro atoms. The molecule has 0 saturated heterocycles. The predicted molar refractivity (Wildman–Crippen MR) is 60.4 cm³/mol. The zero-order chi connectivity index (χ0) is 10.8. The number of hydrogen-bond acceptors (Lipinski definition) is 5. The molecule has 0 aliphatic rings. The van der Waals surface area contributed by atoms with Crippen molar-refractivity contribution in [2.45, 2.75) is 0 Å². The summed E-state index contributed by atoms with van der Waals surface area (Å²) in [5.74, 6) is 0.279. The number of aldehydes is 1. The summed E-state index contributed by atoms with van der Waals surface area (Å²) in [5.41, 5.74) is 0.805. The van der Waals surface area contributed by atoms with Crippen LogP contribution >= 0.6 is 12.4 Å². The molecule has 1 aromatic heterocycles. The van der Waals surface area contributed by atoms with Crippen LogP contribution in [0.25, 0.3) is 10.9 Å². The van der Waals surface area contributed by atoms with Gasteiger partial charge in [0.05, 0.1) is 12.6 Å². The Bertz CT molecular complexity index is 531. The number of methoxy groups -OCH3 is 1. The number of nitrogens with zero attached hydrogens (tertiary/aromatic N) is 2. The quantitative estimate of drug-likeness (QED) is 0.807. The normalized spacial score (nSPS) is 9.56. The number of rotatable bonds is 2. The SMILES string of the molecule is COc1cc2ncnc(C=O)c2cc1O.Cl. The van der Waals surface area contributed by atoms with E-state index in [9.17, 15) is 9.90 Å². The molecule has 2 aromatic rings. The Kier molecular flexibility index (Phi) is 3.63. The fourth-order valence-corrected chi connectivity index (χ4v) is 1.35. The molecule has 6 heteroatoms. The molecular weight excluding hydrogens is 232 g/mol. The lowest BCUT2D eigenvalue weighted by atomic mass is 10.2. The number of phenols is 1. The summed E-state index contributed by atoms with van der Waals surface area (Å²) in [6.07, 6.45) is 1.92. The Hall–Kier alpha value is -1.88. The molecule has 84 valence electrons. The van der Waals surface area contributed by atoms with Crippen LogP contribution in [0.1, 0.15) is 10.5 Å². The van der Waals surface area contributed by atoms with E-state index in [0.717, 1.165) is 0 Å². The van der Waals surface area contributed by atoms with E-state index in [1.54, 1.807) is 6.07 Å². The molecule has 16 heavy (non-hydrogen) atoms. The number of fused-ring (bicyclic) bond motifs is 1. The summed E-state index contributed by atoms with van der Waals surface area (Å²) in [6.45, 7) is 0. The highest BCUT2D eigenvalue weighted by Gasteiger charge is 2.08. The molecule has 0 unspecified atom stereocenters. The molecule has 1 aromatic carbocycles. The number of hydrogen-bond donors (Lipinski definition) is 1. The maximum atomic E-state index is 10.7. The number of carbonyl (C=O) groups excluding carboxylic acids is 1. The first-order chi connectivity index (χ1) is 7.26. The number of aromatic nitrogens is 2. The maximum Gasteiger partial charge on any atom is 0.169 e. The Morgan fingerprint density at radius 2 is 2.12 bits per heavy atom. The maximum absolute atomic E-state index is 10.7. The number of carbonyl (C=O) groups is 1. The summed E-state index contributed by atoms with van der Waals surface area (Å²) in [4.78, 5) is 18.5. The average molecular weight is 241 g/mol. The van der Waals surface area contributed by atoms with Crippen LogP contribution < -0.4 is 4.74 Å². The lowest BCUT2D eigenvalue weighted by molar-refractivity contribution is 0.112. The zero-order valence-corrected chi connectivity index (χ0v) is 9.19. The number of halogens is 1. The zero-order valence-electron chi connectivity index (χ0n) is 8.38. The summed E-state index contributed by atoms with van der Waals surface area (Å²) < 4.78 is 4.93. The van der Waals surface area contributed by atoms with Gasteiger partial charge in [0.2, 0.25) is 0 Å². The van der Waals surface area contributed by atoms with Crippen LogP contribution in [0.15, 0.2) is 18.5 Å². The molecule has 5 nitrogen and oxygen atoms in total. The Balaban J connectivity index is 0.00000128. The van der Waals surface area contributed by atoms with E-state index in [4.69, 9.17) is 4.74 Å². The first-order valence-corrected chi connectivity index (χ1v) is 4.23. The van der Waals surface area contributed by atoms with Crippen LogP contribution in [0.2, 0.25) is 0 Å². The second-order valence-corrected chi connectivity index (χ2v) is 2.92. The highest BCUT2D eigenvalue weighted by Crippen LogP contribution is 2.30. The van der Waals surface area contributed by atoms with E-state index < -0.39 is 0 Å². The van der Waals surface area contributed by atoms with Crippen molar-refractivity contribution in [3.63, 3.8) is 0 Å². The van der Waals surface area contributed by atoms with Crippen LogP contribution in [0.4, 0.5) is 0 Å². The number of aromatic hydroxyl groups is 1. The first kappa shape index (κ1) is 12.2. The smallest absolute Gasteiger partial charge is 0.169 e. The van der Waals surface area contributed by atoms with Crippen LogP contribution in [0.5, 0.6) is 11.5 Å². The first-order valence-electron chi connectivity index (χ1n) is 4.23. The molecule has 1 N–H and O–H groups in total. The van der Waals surface area contributed by atoms with Crippen molar-refractivity contribution < 1.29 is 14.6 Å². The third kappa shape index (κ3) is 1.90. The molecule has 2 rings (SSSR count). The largest absolute Gasteiger partial charge is 0.504 e. The predicted octanol–water partition coefficient (Wildman–Crippen LogP) is 1.58. The molecule has 0 radical (unpaired) electrons. The third-order valence-corrected chi connectivity index (χ3v) is 2.08. The van der Waals surface area contributed by atoms with Gasteiger partial charge in [0, 0.05) is 11.5 Å². The lowest BCUT2D eigenvalue weighted by Crippen LogP contribution is -1.92. The van der Waals surface area contributed by atoms with Gasteiger partial charge in [-0.25, -0.2) is 9.97 Å². The van der Waals surface area contributed by atoms with Gasteiger partial charge in [-0.1, -0.05) is 0 Å². The van der Waals surface area contributed by atoms with Gasteiger partial charge >= 0.3 is 0 Å².